The molecule has 152 valence electrons. The summed E-state index contributed by atoms with van der Waals surface area (Å²) in [5.74, 6) is -2.89. The maximum Gasteiger partial charge on any atom is 0.211 e. The standard InChI is InChI=1S/C22H14F3NO3S/c23-15-8-6-14(7-9-15)12-26-13-21(30(28,29)16-4-2-1-3-5-16)22(27)17-10-18(24)19(25)11-20(17)26/h1-11,13H,12H2. The predicted molar refractivity (Wildman–Crippen MR) is 106 cm³/mol. The van der Waals surface area contributed by atoms with Crippen LogP contribution < -0.4 is 5.43 Å². The van der Waals surface area contributed by atoms with Crippen molar-refractivity contribution in [3.05, 3.63) is 106 Å². The third kappa shape index (κ3) is 3.50. The highest BCUT2D eigenvalue weighted by molar-refractivity contribution is 7.91. The van der Waals surface area contributed by atoms with Gasteiger partial charge in [-0.15, -0.1) is 0 Å². The van der Waals surface area contributed by atoms with E-state index in [1.54, 1.807) is 6.07 Å². The Labute approximate surface area is 169 Å². The molecule has 8 heteroatoms. The number of nitrogens with zero attached hydrogens (tertiary/aromatic N) is 1. The number of hydrogen-bond donors (Lipinski definition) is 0. The summed E-state index contributed by atoms with van der Waals surface area (Å²) in [7, 11) is -4.22. The highest BCUT2D eigenvalue weighted by Crippen LogP contribution is 2.23. The topological polar surface area (TPSA) is 56.1 Å². The summed E-state index contributed by atoms with van der Waals surface area (Å²) >= 11 is 0. The van der Waals surface area contributed by atoms with Crippen molar-refractivity contribution in [1.29, 1.82) is 0 Å². The maximum atomic E-state index is 13.9. The van der Waals surface area contributed by atoms with Crippen molar-refractivity contribution in [3.8, 4) is 0 Å². The lowest BCUT2D eigenvalue weighted by Crippen LogP contribution is -2.20. The Bertz CT molecular complexity index is 1410. The Hall–Kier alpha value is -3.39. The molecular weight excluding hydrogens is 415 g/mol. The van der Waals surface area contributed by atoms with Crippen LogP contribution in [0, 0.1) is 17.5 Å². The second kappa shape index (κ2) is 7.46. The number of sulfone groups is 1. The molecule has 4 aromatic rings. The van der Waals surface area contributed by atoms with Gasteiger partial charge in [-0.1, -0.05) is 30.3 Å². The Morgan fingerprint density at radius 3 is 2.13 bits per heavy atom. The molecule has 0 saturated heterocycles. The molecule has 0 aliphatic heterocycles. The van der Waals surface area contributed by atoms with Crippen LogP contribution in [0.2, 0.25) is 0 Å². The average molecular weight is 429 g/mol. The lowest BCUT2D eigenvalue weighted by molar-refractivity contribution is 0.510. The van der Waals surface area contributed by atoms with Crippen molar-refractivity contribution in [2.75, 3.05) is 0 Å². The molecule has 0 spiro atoms. The Morgan fingerprint density at radius 1 is 0.833 bits per heavy atom. The van der Waals surface area contributed by atoms with Gasteiger partial charge in [-0.2, -0.15) is 0 Å². The molecule has 0 bridgehead atoms. The molecule has 0 aliphatic carbocycles. The molecule has 3 aromatic carbocycles. The fourth-order valence-electron chi connectivity index (χ4n) is 3.19. The zero-order valence-corrected chi connectivity index (χ0v) is 16.2. The zero-order chi connectivity index (χ0) is 21.5. The summed E-state index contributed by atoms with van der Waals surface area (Å²) in [6.07, 6.45) is 1.10. The molecule has 4 rings (SSSR count). The number of hydrogen-bond acceptors (Lipinski definition) is 3. The second-order valence-electron chi connectivity index (χ2n) is 6.68. The van der Waals surface area contributed by atoms with Crippen LogP contribution in [0.25, 0.3) is 10.9 Å². The molecule has 0 atom stereocenters. The van der Waals surface area contributed by atoms with Gasteiger partial charge in [0.2, 0.25) is 15.3 Å². The van der Waals surface area contributed by atoms with Crippen LogP contribution >= 0.6 is 0 Å². The number of benzene rings is 3. The average Bonchev–Trinajstić information content (AvgIpc) is 2.73. The van der Waals surface area contributed by atoms with Crippen molar-refractivity contribution in [2.45, 2.75) is 16.3 Å². The van der Waals surface area contributed by atoms with Crippen molar-refractivity contribution in [2.24, 2.45) is 0 Å². The van der Waals surface area contributed by atoms with Crippen LogP contribution in [0.1, 0.15) is 5.56 Å². The van der Waals surface area contributed by atoms with Crippen LogP contribution in [0.5, 0.6) is 0 Å². The van der Waals surface area contributed by atoms with Gasteiger partial charge in [0.25, 0.3) is 0 Å². The molecule has 4 nitrogen and oxygen atoms in total. The smallest absolute Gasteiger partial charge is 0.211 e. The van der Waals surface area contributed by atoms with Crippen molar-refractivity contribution in [1.82, 2.24) is 4.57 Å². The van der Waals surface area contributed by atoms with E-state index in [-0.39, 0.29) is 22.3 Å². The van der Waals surface area contributed by atoms with Crippen LogP contribution in [0.3, 0.4) is 0 Å². The van der Waals surface area contributed by atoms with Crippen molar-refractivity contribution >= 4 is 20.7 Å². The minimum Gasteiger partial charge on any atom is -0.341 e. The molecule has 0 amide bonds. The number of rotatable bonds is 4. The molecule has 0 aliphatic rings. The first-order valence-electron chi connectivity index (χ1n) is 8.84. The lowest BCUT2D eigenvalue weighted by Gasteiger charge is -2.14. The molecule has 0 radical (unpaired) electrons. The quantitative estimate of drug-likeness (QED) is 0.486. The molecule has 1 heterocycles. The fraction of sp³-hybridized carbons (Fsp3) is 0.0455. The minimum atomic E-state index is -4.22. The minimum absolute atomic E-state index is 0.0133. The third-order valence-corrected chi connectivity index (χ3v) is 6.46. The normalized spacial score (nSPS) is 11.7. The van der Waals surface area contributed by atoms with Gasteiger partial charge in [-0.05, 0) is 35.9 Å². The second-order valence-corrected chi connectivity index (χ2v) is 8.59. The van der Waals surface area contributed by atoms with Gasteiger partial charge in [0.15, 0.2) is 11.6 Å². The molecule has 1 aromatic heterocycles. The van der Waals surface area contributed by atoms with Gasteiger partial charge in [-0.25, -0.2) is 21.6 Å². The number of halogens is 3. The van der Waals surface area contributed by atoms with Gasteiger partial charge < -0.3 is 4.57 Å². The first-order chi connectivity index (χ1) is 14.3. The maximum absolute atomic E-state index is 13.9. The summed E-state index contributed by atoms with van der Waals surface area (Å²) in [6, 6.07) is 14.3. The summed E-state index contributed by atoms with van der Waals surface area (Å²) in [5, 5.41) is -0.270. The van der Waals surface area contributed by atoms with Crippen LogP contribution in [-0.2, 0) is 16.4 Å². The summed E-state index contributed by atoms with van der Waals surface area (Å²) in [4.78, 5) is 12.3. The Morgan fingerprint density at radius 2 is 1.47 bits per heavy atom. The van der Waals surface area contributed by atoms with E-state index in [0.717, 1.165) is 12.3 Å². The first-order valence-corrected chi connectivity index (χ1v) is 10.3. The predicted octanol–water partition coefficient (Wildman–Crippen LogP) is 4.30. The summed E-state index contributed by atoms with van der Waals surface area (Å²) in [6.45, 7) is 0.0133. The van der Waals surface area contributed by atoms with Gasteiger partial charge in [0, 0.05) is 18.8 Å². The van der Waals surface area contributed by atoms with Gasteiger partial charge in [0.1, 0.15) is 10.7 Å². The monoisotopic (exact) mass is 429 g/mol. The highest BCUT2D eigenvalue weighted by Gasteiger charge is 2.24. The highest BCUT2D eigenvalue weighted by atomic mass is 32.2. The van der Waals surface area contributed by atoms with E-state index < -0.39 is 37.6 Å². The fourth-order valence-corrected chi connectivity index (χ4v) is 4.58. The third-order valence-electron chi connectivity index (χ3n) is 4.70. The SMILES string of the molecule is O=c1c(S(=O)(=O)c2ccccc2)cn(Cc2ccc(F)cc2)c2cc(F)c(F)cc12. The van der Waals surface area contributed by atoms with Crippen LogP contribution in [-0.4, -0.2) is 13.0 Å². The number of fused-ring (bicyclic) bond motifs is 1. The van der Waals surface area contributed by atoms with Gasteiger partial charge in [0.05, 0.1) is 15.8 Å². The first kappa shape index (κ1) is 19.9. The Kier molecular flexibility index (Phi) is 4.95. The molecular formula is C22H14F3NO3S. The van der Waals surface area contributed by atoms with Crippen molar-refractivity contribution in [3.63, 3.8) is 0 Å². The molecule has 0 N–H and O–H groups in total. The molecule has 0 fully saturated rings. The number of aromatic nitrogens is 1. The van der Waals surface area contributed by atoms with E-state index in [0.29, 0.717) is 11.6 Å². The lowest BCUT2D eigenvalue weighted by atomic mass is 10.1. The summed E-state index contributed by atoms with van der Waals surface area (Å²) < 4.78 is 68.5. The van der Waals surface area contributed by atoms with Crippen LogP contribution in [0.15, 0.2) is 87.5 Å². The Balaban J connectivity index is 2.00. The van der Waals surface area contributed by atoms with Crippen LogP contribution in [0.4, 0.5) is 13.2 Å². The molecule has 30 heavy (non-hydrogen) atoms. The molecule has 0 unspecified atom stereocenters. The summed E-state index contributed by atoms with van der Waals surface area (Å²) in [5.41, 5.74) is -0.326. The van der Waals surface area contributed by atoms with E-state index in [1.165, 1.54) is 53.1 Å². The van der Waals surface area contributed by atoms with E-state index >= 15 is 0 Å². The number of pyridine rings is 1. The van der Waals surface area contributed by atoms with Crippen molar-refractivity contribution < 1.29 is 21.6 Å². The molecule has 0 saturated carbocycles. The van der Waals surface area contributed by atoms with E-state index in [2.05, 4.69) is 0 Å². The van der Waals surface area contributed by atoms with Gasteiger partial charge >= 0.3 is 0 Å². The zero-order valence-electron chi connectivity index (χ0n) is 15.3. The van der Waals surface area contributed by atoms with E-state index in [4.69, 9.17) is 0 Å². The van der Waals surface area contributed by atoms with E-state index in [1.807, 2.05) is 0 Å². The largest absolute Gasteiger partial charge is 0.341 e. The van der Waals surface area contributed by atoms with Gasteiger partial charge in [-0.3, -0.25) is 4.79 Å². The van der Waals surface area contributed by atoms with E-state index in [9.17, 15) is 26.4 Å².